The molecule has 2 N–H and O–H groups in total. The molecular formula is C21H15N3O3. The van der Waals surface area contributed by atoms with Crippen LogP contribution in [0.4, 0.5) is 11.4 Å². The van der Waals surface area contributed by atoms with E-state index < -0.39 is 5.97 Å². The van der Waals surface area contributed by atoms with Gasteiger partial charge in [0.1, 0.15) is 0 Å². The van der Waals surface area contributed by atoms with Crippen LogP contribution in [0.25, 0.3) is 22.9 Å². The average Bonchev–Trinajstić information content (AvgIpc) is 3.19. The highest BCUT2D eigenvalue weighted by Gasteiger charge is 2.14. The van der Waals surface area contributed by atoms with Crippen molar-refractivity contribution < 1.29 is 14.3 Å². The van der Waals surface area contributed by atoms with Crippen LogP contribution in [0.2, 0.25) is 0 Å². The number of hydrogen-bond donors (Lipinski definition) is 2. The summed E-state index contributed by atoms with van der Waals surface area (Å²) in [5.41, 5.74) is 3.44. The van der Waals surface area contributed by atoms with E-state index in [-0.39, 0.29) is 5.56 Å². The van der Waals surface area contributed by atoms with Crippen LogP contribution in [-0.4, -0.2) is 21.3 Å². The van der Waals surface area contributed by atoms with Crippen LogP contribution >= 0.6 is 0 Å². The summed E-state index contributed by atoms with van der Waals surface area (Å²) in [6, 6.07) is 23.8. The number of nitrogens with one attached hydrogen (secondary N) is 1. The Morgan fingerprint density at radius 1 is 0.815 bits per heavy atom. The van der Waals surface area contributed by atoms with E-state index in [1.807, 2.05) is 54.6 Å². The third-order valence-electron chi connectivity index (χ3n) is 4.01. The van der Waals surface area contributed by atoms with Gasteiger partial charge in [0.2, 0.25) is 11.8 Å². The summed E-state index contributed by atoms with van der Waals surface area (Å²) in [5, 5.41) is 20.6. The van der Waals surface area contributed by atoms with Gasteiger partial charge in [-0.15, -0.1) is 10.2 Å². The van der Waals surface area contributed by atoms with Crippen LogP contribution in [0.1, 0.15) is 10.4 Å². The summed E-state index contributed by atoms with van der Waals surface area (Å²) < 4.78 is 5.82. The molecule has 0 bridgehead atoms. The first-order chi connectivity index (χ1) is 13.2. The summed E-state index contributed by atoms with van der Waals surface area (Å²) in [6.07, 6.45) is 0. The van der Waals surface area contributed by atoms with Gasteiger partial charge in [-0.25, -0.2) is 4.79 Å². The fourth-order valence-corrected chi connectivity index (χ4v) is 2.66. The molecule has 0 saturated carbocycles. The minimum absolute atomic E-state index is 0.205. The summed E-state index contributed by atoms with van der Waals surface area (Å²) in [6.45, 7) is 0. The molecule has 3 aromatic carbocycles. The van der Waals surface area contributed by atoms with Crippen LogP contribution in [0.3, 0.4) is 0 Å². The SMILES string of the molecule is O=C(O)c1ccc(-c2nnc(-c3ccccc3Nc3ccccc3)o2)cc1. The van der Waals surface area contributed by atoms with Crippen LogP contribution < -0.4 is 5.32 Å². The van der Waals surface area contributed by atoms with Crippen molar-refractivity contribution in [3.05, 3.63) is 84.4 Å². The first-order valence-corrected chi connectivity index (χ1v) is 8.29. The zero-order chi connectivity index (χ0) is 18.6. The molecule has 0 unspecified atom stereocenters. The standard InChI is InChI=1S/C21H15N3O3/c25-21(26)15-12-10-14(11-13-15)19-23-24-20(27-19)17-8-4-5-9-18(17)22-16-6-2-1-3-7-16/h1-13,22H,(H,25,26). The Labute approximate surface area is 155 Å². The molecule has 27 heavy (non-hydrogen) atoms. The number of anilines is 2. The third-order valence-corrected chi connectivity index (χ3v) is 4.01. The molecule has 0 amide bonds. The predicted octanol–water partition coefficient (Wildman–Crippen LogP) is 4.85. The fourth-order valence-electron chi connectivity index (χ4n) is 2.66. The highest BCUT2D eigenvalue weighted by molar-refractivity contribution is 5.88. The normalized spacial score (nSPS) is 10.5. The van der Waals surface area contributed by atoms with Crippen molar-refractivity contribution in [3.8, 4) is 22.9 Å². The second-order valence-electron chi connectivity index (χ2n) is 5.83. The number of carboxylic acids is 1. The van der Waals surface area contributed by atoms with Gasteiger partial charge in [-0.3, -0.25) is 0 Å². The van der Waals surface area contributed by atoms with Crippen molar-refractivity contribution in [1.29, 1.82) is 0 Å². The van der Waals surface area contributed by atoms with Crippen molar-refractivity contribution in [1.82, 2.24) is 10.2 Å². The van der Waals surface area contributed by atoms with E-state index in [1.165, 1.54) is 12.1 Å². The summed E-state index contributed by atoms with van der Waals surface area (Å²) in [5.74, 6) is -0.267. The lowest BCUT2D eigenvalue weighted by atomic mass is 10.1. The molecule has 0 aliphatic heterocycles. The largest absolute Gasteiger partial charge is 0.478 e. The second-order valence-corrected chi connectivity index (χ2v) is 5.83. The number of benzene rings is 3. The van der Waals surface area contributed by atoms with Gasteiger partial charge in [-0.05, 0) is 48.5 Å². The lowest BCUT2D eigenvalue weighted by Crippen LogP contribution is -1.94. The Balaban J connectivity index is 1.64. The minimum atomic E-state index is -0.978. The van der Waals surface area contributed by atoms with Crippen molar-refractivity contribution in [2.24, 2.45) is 0 Å². The van der Waals surface area contributed by atoms with Gasteiger partial charge in [-0.2, -0.15) is 0 Å². The smallest absolute Gasteiger partial charge is 0.335 e. The third kappa shape index (κ3) is 3.55. The molecular weight excluding hydrogens is 342 g/mol. The van der Waals surface area contributed by atoms with Crippen LogP contribution in [0.15, 0.2) is 83.3 Å². The van der Waals surface area contributed by atoms with Gasteiger partial charge in [0.05, 0.1) is 16.8 Å². The molecule has 0 atom stereocenters. The van der Waals surface area contributed by atoms with Gasteiger partial charge >= 0.3 is 5.97 Å². The van der Waals surface area contributed by atoms with E-state index in [1.54, 1.807) is 12.1 Å². The van der Waals surface area contributed by atoms with Gasteiger partial charge in [0.15, 0.2) is 0 Å². The van der Waals surface area contributed by atoms with Crippen molar-refractivity contribution in [2.75, 3.05) is 5.32 Å². The van der Waals surface area contributed by atoms with Crippen molar-refractivity contribution >= 4 is 17.3 Å². The lowest BCUT2D eigenvalue weighted by molar-refractivity contribution is 0.0697. The topological polar surface area (TPSA) is 88.2 Å². The summed E-state index contributed by atoms with van der Waals surface area (Å²) in [7, 11) is 0. The highest BCUT2D eigenvalue weighted by atomic mass is 16.4. The zero-order valence-corrected chi connectivity index (χ0v) is 14.2. The van der Waals surface area contributed by atoms with Crippen molar-refractivity contribution in [2.45, 2.75) is 0 Å². The quantitative estimate of drug-likeness (QED) is 0.531. The number of aromatic carboxylic acids is 1. The molecule has 4 rings (SSSR count). The first kappa shape index (κ1) is 16.5. The summed E-state index contributed by atoms with van der Waals surface area (Å²) in [4.78, 5) is 11.0. The van der Waals surface area contributed by atoms with Gasteiger partial charge in [0.25, 0.3) is 0 Å². The number of nitrogens with zero attached hydrogens (tertiary/aromatic N) is 2. The number of aromatic nitrogens is 2. The maximum absolute atomic E-state index is 11.0. The van der Waals surface area contributed by atoms with Crippen molar-refractivity contribution in [3.63, 3.8) is 0 Å². The average molecular weight is 357 g/mol. The Hall–Kier alpha value is -3.93. The van der Waals surface area contributed by atoms with Crippen LogP contribution in [0.5, 0.6) is 0 Å². The molecule has 0 saturated heterocycles. The molecule has 6 nitrogen and oxygen atoms in total. The predicted molar refractivity (Wildman–Crippen MR) is 102 cm³/mol. The molecule has 0 aliphatic rings. The molecule has 0 aliphatic carbocycles. The molecule has 0 fully saturated rings. The first-order valence-electron chi connectivity index (χ1n) is 8.29. The van der Waals surface area contributed by atoms with Crippen LogP contribution in [0, 0.1) is 0 Å². The monoisotopic (exact) mass is 357 g/mol. The van der Waals surface area contributed by atoms with E-state index in [0.29, 0.717) is 17.3 Å². The molecule has 132 valence electrons. The number of rotatable bonds is 5. The van der Waals surface area contributed by atoms with E-state index in [2.05, 4.69) is 15.5 Å². The van der Waals surface area contributed by atoms with Gasteiger partial charge in [0, 0.05) is 11.3 Å². The summed E-state index contributed by atoms with van der Waals surface area (Å²) >= 11 is 0. The fraction of sp³-hybridized carbons (Fsp3) is 0. The van der Waals surface area contributed by atoms with Gasteiger partial charge in [-0.1, -0.05) is 30.3 Å². The number of carbonyl (C=O) groups is 1. The molecule has 0 radical (unpaired) electrons. The molecule has 1 heterocycles. The maximum atomic E-state index is 11.0. The number of carboxylic acid groups (broad SMARTS) is 1. The Morgan fingerprint density at radius 3 is 2.22 bits per heavy atom. The molecule has 1 aromatic heterocycles. The van der Waals surface area contributed by atoms with Crippen LogP contribution in [-0.2, 0) is 0 Å². The Kier molecular flexibility index (Phi) is 4.37. The molecule has 4 aromatic rings. The Bertz CT molecular complexity index is 1070. The molecule has 0 spiro atoms. The number of hydrogen-bond acceptors (Lipinski definition) is 5. The highest BCUT2D eigenvalue weighted by Crippen LogP contribution is 2.31. The van der Waals surface area contributed by atoms with Gasteiger partial charge < -0.3 is 14.8 Å². The van der Waals surface area contributed by atoms with E-state index >= 15 is 0 Å². The number of para-hydroxylation sites is 2. The van der Waals surface area contributed by atoms with E-state index in [4.69, 9.17) is 9.52 Å². The van der Waals surface area contributed by atoms with E-state index in [0.717, 1.165) is 16.9 Å². The van der Waals surface area contributed by atoms with E-state index in [9.17, 15) is 4.79 Å². The second kappa shape index (κ2) is 7.13. The zero-order valence-electron chi connectivity index (χ0n) is 14.2. The Morgan fingerprint density at radius 2 is 1.48 bits per heavy atom. The minimum Gasteiger partial charge on any atom is -0.478 e. The maximum Gasteiger partial charge on any atom is 0.335 e. The molecule has 6 heteroatoms. The lowest BCUT2D eigenvalue weighted by Gasteiger charge is -2.09.